The van der Waals surface area contributed by atoms with Crippen LogP contribution in [0.5, 0.6) is 5.75 Å². The predicted octanol–water partition coefficient (Wildman–Crippen LogP) is 3.95. The number of rotatable bonds is 4. The topological polar surface area (TPSA) is 61.4 Å². The fraction of sp³-hybridized carbons (Fsp3) is 0.167. The summed E-state index contributed by atoms with van der Waals surface area (Å²) >= 11 is 12.1. The van der Waals surface area contributed by atoms with Gasteiger partial charge in [-0.2, -0.15) is 0 Å². The lowest BCUT2D eigenvalue weighted by Crippen LogP contribution is -2.22. The summed E-state index contributed by atoms with van der Waals surface area (Å²) in [6, 6.07) is 12.4. The Morgan fingerprint density at radius 1 is 1.12 bits per heavy atom. The zero-order valence-electron chi connectivity index (χ0n) is 13.8. The Hall–Kier alpha value is -2.57. The molecule has 0 saturated carbocycles. The third-order valence-electron chi connectivity index (χ3n) is 4.14. The Bertz CT molecular complexity index is 1180. The Morgan fingerprint density at radius 2 is 1.92 bits per heavy atom. The van der Waals surface area contributed by atoms with Crippen LogP contribution in [0.2, 0.25) is 10.0 Å². The van der Waals surface area contributed by atoms with Gasteiger partial charge in [-0.1, -0.05) is 35.3 Å². The van der Waals surface area contributed by atoms with Gasteiger partial charge < -0.3 is 4.74 Å². The molecule has 0 unspecified atom stereocenters. The largest absolute Gasteiger partial charge is 0.484 e. The number of hydrogen-bond acceptors (Lipinski definition) is 4. The van der Waals surface area contributed by atoms with E-state index in [0.29, 0.717) is 39.3 Å². The number of ether oxygens (including phenoxy) is 1. The molecule has 0 saturated heterocycles. The van der Waals surface area contributed by atoms with Crippen LogP contribution in [0.15, 0.2) is 47.3 Å². The number of aromatic nitrogens is 4. The normalized spacial score (nSPS) is 11.3. The van der Waals surface area contributed by atoms with E-state index in [4.69, 9.17) is 27.9 Å². The SMILES string of the molecule is CCn1c(=O)c2ccccc2n2c(COc3ccc(Cl)cc3Cl)nnc12. The number of fused-ring (bicyclic) bond motifs is 3. The maximum absolute atomic E-state index is 12.7. The summed E-state index contributed by atoms with van der Waals surface area (Å²) in [6.45, 7) is 2.54. The molecule has 0 aliphatic rings. The van der Waals surface area contributed by atoms with Crippen molar-refractivity contribution >= 4 is 39.9 Å². The van der Waals surface area contributed by atoms with E-state index in [-0.39, 0.29) is 12.2 Å². The zero-order chi connectivity index (χ0) is 18.3. The molecule has 6 nitrogen and oxygen atoms in total. The maximum atomic E-state index is 12.7. The van der Waals surface area contributed by atoms with E-state index in [9.17, 15) is 4.79 Å². The van der Waals surface area contributed by atoms with Gasteiger partial charge in [0.1, 0.15) is 12.4 Å². The van der Waals surface area contributed by atoms with Gasteiger partial charge in [0, 0.05) is 11.6 Å². The fourth-order valence-corrected chi connectivity index (χ4v) is 3.39. The highest BCUT2D eigenvalue weighted by molar-refractivity contribution is 6.35. The molecule has 0 amide bonds. The second kappa shape index (κ2) is 6.63. The van der Waals surface area contributed by atoms with Crippen molar-refractivity contribution in [3.05, 3.63) is 68.7 Å². The predicted molar refractivity (Wildman–Crippen MR) is 101 cm³/mol. The Morgan fingerprint density at radius 3 is 2.69 bits per heavy atom. The van der Waals surface area contributed by atoms with Crippen molar-refractivity contribution in [3.63, 3.8) is 0 Å². The van der Waals surface area contributed by atoms with Crippen LogP contribution in [0, 0.1) is 0 Å². The van der Waals surface area contributed by atoms with Crippen molar-refractivity contribution in [3.8, 4) is 5.75 Å². The van der Waals surface area contributed by atoms with Crippen molar-refractivity contribution in [2.75, 3.05) is 0 Å². The van der Waals surface area contributed by atoms with Crippen LogP contribution in [0.1, 0.15) is 12.7 Å². The number of para-hydroxylation sites is 1. The first-order chi connectivity index (χ1) is 12.6. The molecule has 4 aromatic rings. The summed E-state index contributed by atoms with van der Waals surface area (Å²) in [5.74, 6) is 1.56. The highest BCUT2D eigenvalue weighted by Gasteiger charge is 2.16. The van der Waals surface area contributed by atoms with Gasteiger partial charge in [-0.3, -0.25) is 13.8 Å². The molecule has 0 bridgehead atoms. The van der Waals surface area contributed by atoms with Crippen molar-refractivity contribution in [2.24, 2.45) is 0 Å². The fourth-order valence-electron chi connectivity index (χ4n) is 2.93. The molecule has 0 fully saturated rings. The van der Waals surface area contributed by atoms with Gasteiger partial charge in [0.05, 0.1) is 15.9 Å². The molecule has 132 valence electrons. The lowest BCUT2D eigenvalue weighted by molar-refractivity contribution is 0.295. The van der Waals surface area contributed by atoms with E-state index in [1.54, 1.807) is 28.8 Å². The van der Waals surface area contributed by atoms with Crippen LogP contribution in [-0.4, -0.2) is 19.2 Å². The molecule has 2 heterocycles. The van der Waals surface area contributed by atoms with Crippen LogP contribution < -0.4 is 10.3 Å². The standard InChI is InChI=1S/C18H14Cl2N4O2/c1-2-23-17(25)12-5-3-4-6-14(12)24-16(21-22-18(23)24)10-26-15-8-7-11(19)9-13(15)20/h3-9H,2,10H2,1H3. The Labute approximate surface area is 158 Å². The van der Waals surface area contributed by atoms with E-state index >= 15 is 0 Å². The summed E-state index contributed by atoms with van der Waals surface area (Å²) < 4.78 is 9.22. The monoisotopic (exact) mass is 388 g/mol. The maximum Gasteiger partial charge on any atom is 0.262 e. The zero-order valence-corrected chi connectivity index (χ0v) is 15.3. The van der Waals surface area contributed by atoms with Crippen molar-refractivity contribution in [1.29, 1.82) is 0 Å². The summed E-state index contributed by atoms with van der Waals surface area (Å²) in [5.41, 5.74) is 0.652. The molecular formula is C18H14Cl2N4O2. The molecule has 4 rings (SSSR count). The molecule has 0 radical (unpaired) electrons. The third-order valence-corrected chi connectivity index (χ3v) is 4.67. The number of halogens is 2. The van der Waals surface area contributed by atoms with Gasteiger partial charge in [-0.05, 0) is 37.3 Å². The minimum Gasteiger partial charge on any atom is -0.484 e. The van der Waals surface area contributed by atoms with E-state index in [0.717, 1.165) is 5.52 Å². The van der Waals surface area contributed by atoms with E-state index < -0.39 is 0 Å². The number of nitrogens with zero attached hydrogens (tertiary/aromatic N) is 4. The van der Waals surface area contributed by atoms with Crippen molar-refractivity contribution in [1.82, 2.24) is 19.2 Å². The number of aryl methyl sites for hydroxylation is 1. The molecule has 26 heavy (non-hydrogen) atoms. The lowest BCUT2D eigenvalue weighted by Gasteiger charge is -2.11. The molecule has 0 atom stereocenters. The van der Waals surface area contributed by atoms with Gasteiger partial charge in [0.25, 0.3) is 5.56 Å². The first-order valence-corrected chi connectivity index (χ1v) is 8.79. The van der Waals surface area contributed by atoms with Gasteiger partial charge in [0.15, 0.2) is 5.82 Å². The summed E-state index contributed by atoms with van der Waals surface area (Å²) in [5, 5.41) is 9.97. The second-order valence-corrected chi connectivity index (χ2v) is 6.53. The Balaban J connectivity index is 1.84. The van der Waals surface area contributed by atoms with Crippen molar-refractivity contribution < 1.29 is 4.74 Å². The van der Waals surface area contributed by atoms with Crippen molar-refractivity contribution in [2.45, 2.75) is 20.1 Å². The first kappa shape index (κ1) is 16.9. The molecule has 0 aliphatic carbocycles. The lowest BCUT2D eigenvalue weighted by atomic mass is 10.2. The van der Waals surface area contributed by atoms with E-state index in [1.807, 2.05) is 29.5 Å². The van der Waals surface area contributed by atoms with E-state index in [2.05, 4.69) is 10.2 Å². The quantitative estimate of drug-likeness (QED) is 0.530. The average molecular weight is 389 g/mol. The highest BCUT2D eigenvalue weighted by atomic mass is 35.5. The number of hydrogen-bond donors (Lipinski definition) is 0. The molecule has 0 N–H and O–H groups in total. The first-order valence-electron chi connectivity index (χ1n) is 8.03. The van der Waals surface area contributed by atoms with E-state index in [1.165, 1.54) is 0 Å². The van der Waals surface area contributed by atoms with Crippen LogP contribution >= 0.6 is 23.2 Å². The van der Waals surface area contributed by atoms with Crippen LogP contribution in [0.3, 0.4) is 0 Å². The average Bonchev–Trinajstić information content (AvgIpc) is 3.05. The molecule has 2 aromatic heterocycles. The molecule has 0 aliphatic heterocycles. The van der Waals surface area contributed by atoms with Crippen LogP contribution in [0.25, 0.3) is 16.7 Å². The summed E-state index contributed by atoms with van der Waals surface area (Å²) in [6.07, 6.45) is 0. The minimum atomic E-state index is -0.0868. The van der Waals surface area contributed by atoms with Crippen LogP contribution in [0.4, 0.5) is 0 Å². The summed E-state index contributed by atoms with van der Waals surface area (Å²) in [7, 11) is 0. The van der Waals surface area contributed by atoms with Crippen LogP contribution in [-0.2, 0) is 13.2 Å². The third kappa shape index (κ3) is 2.71. The van der Waals surface area contributed by atoms with Gasteiger partial charge in [0.2, 0.25) is 5.78 Å². The van der Waals surface area contributed by atoms with Gasteiger partial charge >= 0.3 is 0 Å². The van der Waals surface area contributed by atoms with Gasteiger partial charge in [-0.25, -0.2) is 0 Å². The molecule has 8 heteroatoms. The second-order valence-electron chi connectivity index (χ2n) is 5.68. The molecule has 2 aromatic carbocycles. The number of benzene rings is 2. The minimum absolute atomic E-state index is 0.0868. The Kier molecular flexibility index (Phi) is 4.30. The van der Waals surface area contributed by atoms with Gasteiger partial charge in [-0.15, -0.1) is 10.2 Å². The highest BCUT2D eigenvalue weighted by Crippen LogP contribution is 2.28. The molecular weight excluding hydrogens is 375 g/mol. The molecule has 0 spiro atoms. The smallest absolute Gasteiger partial charge is 0.262 e. The summed E-state index contributed by atoms with van der Waals surface area (Å²) in [4.78, 5) is 12.7.